The van der Waals surface area contributed by atoms with Crippen LogP contribution in [0.5, 0.6) is 0 Å². The molecule has 0 fully saturated rings. The number of methoxy groups -OCH3 is 1. The Morgan fingerprint density at radius 3 is 2.89 bits per heavy atom. The largest absolute Gasteiger partial charge is 0.383 e. The number of nitrogens with one attached hydrogen (secondary N) is 1. The van der Waals surface area contributed by atoms with E-state index in [-0.39, 0.29) is 5.82 Å². The van der Waals surface area contributed by atoms with Crippen molar-refractivity contribution in [3.63, 3.8) is 0 Å². The molecule has 0 bridgehead atoms. The number of rotatable bonds is 8. The topological polar surface area (TPSA) is 24.5 Å². The summed E-state index contributed by atoms with van der Waals surface area (Å²) >= 11 is 3.20. The van der Waals surface area contributed by atoms with E-state index in [1.807, 2.05) is 19.2 Å². The van der Waals surface area contributed by atoms with E-state index in [0.29, 0.717) is 23.2 Å². The smallest absolute Gasteiger partial charge is 0.141 e. The molecule has 0 atom stereocenters. The predicted octanol–water partition coefficient (Wildman–Crippen LogP) is 2.26. The van der Waals surface area contributed by atoms with Crippen molar-refractivity contribution < 1.29 is 9.13 Å². The lowest BCUT2D eigenvalue weighted by molar-refractivity contribution is 0.197. The molecule has 1 N–H and O–H groups in total. The second-order valence-corrected chi connectivity index (χ2v) is 5.05. The molecule has 0 saturated heterocycles. The van der Waals surface area contributed by atoms with Crippen LogP contribution < -0.4 is 5.32 Å². The Hall–Kier alpha value is -0.490. The first-order chi connectivity index (χ1) is 8.65. The minimum Gasteiger partial charge on any atom is -0.383 e. The van der Waals surface area contributed by atoms with E-state index in [2.05, 4.69) is 26.1 Å². The maximum absolute atomic E-state index is 13.7. The molecule has 1 aromatic carbocycles. The van der Waals surface area contributed by atoms with Gasteiger partial charge in [-0.1, -0.05) is 12.1 Å². The number of likely N-dealkylation sites (N-methyl/N-ethyl adjacent to an activating group) is 1. The SMILES string of the molecule is COCCNCCN(C)Cc1cccc(Br)c1F. The van der Waals surface area contributed by atoms with E-state index in [1.165, 1.54) is 0 Å². The Balaban J connectivity index is 2.31. The maximum atomic E-state index is 13.7. The third-order valence-electron chi connectivity index (χ3n) is 2.63. The molecular formula is C13H20BrFN2O. The van der Waals surface area contributed by atoms with Crippen molar-refractivity contribution in [2.75, 3.05) is 40.4 Å². The van der Waals surface area contributed by atoms with Gasteiger partial charge in [-0.3, -0.25) is 0 Å². The van der Waals surface area contributed by atoms with Gasteiger partial charge in [-0.2, -0.15) is 0 Å². The lowest BCUT2D eigenvalue weighted by atomic mass is 10.2. The van der Waals surface area contributed by atoms with Crippen molar-refractivity contribution in [3.05, 3.63) is 34.1 Å². The molecule has 0 spiro atoms. The van der Waals surface area contributed by atoms with Crippen LogP contribution in [0.4, 0.5) is 4.39 Å². The van der Waals surface area contributed by atoms with E-state index >= 15 is 0 Å². The fourth-order valence-corrected chi connectivity index (χ4v) is 2.02. The fourth-order valence-electron chi connectivity index (χ4n) is 1.61. The van der Waals surface area contributed by atoms with Crippen LogP contribution >= 0.6 is 15.9 Å². The molecule has 1 rings (SSSR count). The van der Waals surface area contributed by atoms with Gasteiger partial charge in [0.25, 0.3) is 0 Å². The molecule has 0 aromatic heterocycles. The maximum Gasteiger partial charge on any atom is 0.141 e. The Morgan fingerprint density at radius 1 is 1.39 bits per heavy atom. The summed E-state index contributed by atoms with van der Waals surface area (Å²) in [6.45, 7) is 3.90. The molecule has 0 aliphatic heterocycles. The van der Waals surface area contributed by atoms with E-state index in [9.17, 15) is 4.39 Å². The van der Waals surface area contributed by atoms with Gasteiger partial charge in [0, 0.05) is 38.9 Å². The first-order valence-electron chi connectivity index (χ1n) is 5.96. The molecule has 1 aromatic rings. The minimum atomic E-state index is -0.170. The quantitative estimate of drug-likeness (QED) is 0.744. The van der Waals surface area contributed by atoms with Gasteiger partial charge < -0.3 is 15.0 Å². The molecule has 0 saturated carbocycles. The highest BCUT2D eigenvalue weighted by molar-refractivity contribution is 9.10. The average molecular weight is 319 g/mol. The van der Waals surface area contributed by atoms with Gasteiger partial charge in [-0.15, -0.1) is 0 Å². The standard InChI is InChI=1S/C13H20BrFN2O/c1-17(8-6-16-7-9-18-2)10-11-4-3-5-12(14)13(11)15/h3-5,16H,6-10H2,1-2H3. The van der Waals surface area contributed by atoms with Crippen molar-refractivity contribution in [1.29, 1.82) is 0 Å². The molecule has 0 aliphatic rings. The van der Waals surface area contributed by atoms with Crippen LogP contribution in [-0.4, -0.2) is 45.3 Å². The zero-order valence-electron chi connectivity index (χ0n) is 10.9. The molecule has 18 heavy (non-hydrogen) atoms. The van der Waals surface area contributed by atoms with Crippen molar-refractivity contribution in [3.8, 4) is 0 Å². The Labute approximate surface area is 116 Å². The summed E-state index contributed by atoms with van der Waals surface area (Å²) in [7, 11) is 3.67. The van der Waals surface area contributed by atoms with Gasteiger partial charge in [0.15, 0.2) is 0 Å². The highest BCUT2D eigenvalue weighted by Crippen LogP contribution is 2.19. The summed E-state index contributed by atoms with van der Waals surface area (Å²) < 4.78 is 19.2. The van der Waals surface area contributed by atoms with E-state index in [1.54, 1.807) is 13.2 Å². The second-order valence-electron chi connectivity index (χ2n) is 4.19. The summed E-state index contributed by atoms with van der Waals surface area (Å²) in [6.07, 6.45) is 0. The number of hydrogen-bond donors (Lipinski definition) is 1. The van der Waals surface area contributed by atoms with Gasteiger partial charge in [0.2, 0.25) is 0 Å². The predicted molar refractivity (Wildman–Crippen MR) is 75.2 cm³/mol. The highest BCUT2D eigenvalue weighted by Gasteiger charge is 2.07. The summed E-state index contributed by atoms with van der Waals surface area (Å²) in [5, 5.41) is 3.26. The lowest BCUT2D eigenvalue weighted by Crippen LogP contribution is -2.30. The number of halogens is 2. The monoisotopic (exact) mass is 318 g/mol. The first kappa shape index (κ1) is 15.6. The molecule has 5 heteroatoms. The van der Waals surface area contributed by atoms with Gasteiger partial charge in [-0.25, -0.2) is 4.39 Å². The van der Waals surface area contributed by atoms with Crippen molar-refractivity contribution in [2.24, 2.45) is 0 Å². The summed E-state index contributed by atoms with van der Waals surface area (Å²) in [6, 6.07) is 5.38. The summed E-state index contributed by atoms with van der Waals surface area (Å²) in [5.41, 5.74) is 0.712. The number of nitrogens with zero attached hydrogens (tertiary/aromatic N) is 1. The zero-order valence-corrected chi connectivity index (χ0v) is 12.5. The Morgan fingerprint density at radius 2 is 2.17 bits per heavy atom. The highest BCUT2D eigenvalue weighted by atomic mass is 79.9. The van der Waals surface area contributed by atoms with Crippen LogP contribution in [-0.2, 0) is 11.3 Å². The summed E-state index contributed by atoms with van der Waals surface area (Å²) in [4.78, 5) is 2.09. The van der Waals surface area contributed by atoms with Gasteiger partial charge >= 0.3 is 0 Å². The van der Waals surface area contributed by atoms with E-state index < -0.39 is 0 Å². The van der Waals surface area contributed by atoms with Crippen molar-refractivity contribution in [2.45, 2.75) is 6.54 Å². The Bertz CT molecular complexity index is 363. The van der Waals surface area contributed by atoms with Gasteiger partial charge in [0.05, 0.1) is 11.1 Å². The van der Waals surface area contributed by atoms with Crippen LogP contribution in [0.25, 0.3) is 0 Å². The van der Waals surface area contributed by atoms with E-state index in [0.717, 1.165) is 19.6 Å². The normalized spacial score (nSPS) is 11.2. The molecule has 0 unspecified atom stereocenters. The molecular weight excluding hydrogens is 299 g/mol. The van der Waals surface area contributed by atoms with Gasteiger partial charge in [-0.05, 0) is 29.0 Å². The second kappa shape index (κ2) is 8.58. The van der Waals surface area contributed by atoms with Crippen molar-refractivity contribution >= 4 is 15.9 Å². The minimum absolute atomic E-state index is 0.170. The molecule has 0 aliphatic carbocycles. The fraction of sp³-hybridized carbons (Fsp3) is 0.538. The number of hydrogen-bond acceptors (Lipinski definition) is 3. The Kier molecular flexibility index (Phi) is 7.42. The van der Waals surface area contributed by atoms with Crippen LogP contribution in [0.3, 0.4) is 0 Å². The number of benzene rings is 1. The third kappa shape index (κ3) is 5.44. The van der Waals surface area contributed by atoms with Gasteiger partial charge in [0.1, 0.15) is 5.82 Å². The van der Waals surface area contributed by atoms with Crippen LogP contribution in [0.1, 0.15) is 5.56 Å². The molecule has 0 heterocycles. The molecule has 3 nitrogen and oxygen atoms in total. The first-order valence-corrected chi connectivity index (χ1v) is 6.75. The third-order valence-corrected chi connectivity index (χ3v) is 3.24. The molecule has 102 valence electrons. The van der Waals surface area contributed by atoms with Crippen molar-refractivity contribution in [1.82, 2.24) is 10.2 Å². The molecule has 0 radical (unpaired) electrons. The van der Waals surface area contributed by atoms with E-state index in [4.69, 9.17) is 4.74 Å². The van der Waals surface area contributed by atoms with Crippen LogP contribution in [0.15, 0.2) is 22.7 Å². The van der Waals surface area contributed by atoms with Crippen LogP contribution in [0, 0.1) is 5.82 Å². The number of ether oxygens (including phenoxy) is 1. The zero-order chi connectivity index (χ0) is 13.4. The molecule has 0 amide bonds. The average Bonchev–Trinajstić information content (AvgIpc) is 2.35. The lowest BCUT2D eigenvalue weighted by Gasteiger charge is -2.17. The summed E-state index contributed by atoms with van der Waals surface area (Å²) in [5.74, 6) is -0.170. The van der Waals surface area contributed by atoms with Crippen LogP contribution in [0.2, 0.25) is 0 Å².